The number of methoxy groups -OCH3 is 1. The van der Waals surface area contributed by atoms with Crippen LogP contribution in [0.3, 0.4) is 0 Å². The third-order valence-corrected chi connectivity index (χ3v) is 6.02. The fourth-order valence-electron chi connectivity index (χ4n) is 2.61. The van der Waals surface area contributed by atoms with E-state index in [1.54, 1.807) is 13.8 Å². The van der Waals surface area contributed by atoms with Crippen LogP contribution in [0.5, 0.6) is 5.75 Å². The summed E-state index contributed by atoms with van der Waals surface area (Å²) in [4.78, 5) is 24.5. The van der Waals surface area contributed by atoms with Gasteiger partial charge in [-0.25, -0.2) is 18.0 Å². The summed E-state index contributed by atoms with van der Waals surface area (Å²) in [7, 11) is -2.43. The van der Waals surface area contributed by atoms with Gasteiger partial charge in [-0.05, 0) is 37.6 Å². The van der Waals surface area contributed by atoms with Crippen LogP contribution in [-0.2, 0) is 24.3 Å². The minimum atomic E-state index is -3.69. The SMILES string of the molecule is CCOC(=O)N1CCN(S(=O)(=O)c2ccc(OCC(=O)OC)c(C)c2)CC1. The molecule has 0 atom stereocenters. The summed E-state index contributed by atoms with van der Waals surface area (Å²) in [5, 5.41) is 0. The molecule has 0 bridgehead atoms. The average molecular weight is 400 g/mol. The summed E-state index contributed by atoms with van der Waals surface area (Å²) in [6, 6.07) is 4.45. The normalized spacial score (nSPS) is 15.3. The van der Waals surface area contributed by atoms with Gasteiger partial charge < -0.3 is 19.1 Å². The van der Waals surface area contributed by atoms with Crippen molar-refractivity contribution in [2.75, 3.05) is 46.5 Å². The number of carbonyl (C=O) groups is 2. The highest BCUT2D eigenvalue weighted by molar-refractivity contribution is 7.89. The molecule has 0 aliphatic carbocycles. The van der Waals surface area contributed by atoms with Crippen LogP contribution in [0.4, 0.5) is 4.79 Å². The Morgan fingerprint density at radius 3 is 2.37 bits per heavy atom. The number of sulfonamides is 1. The van der Waals surface area contributed by atoms with Crippen molar-refractivity contribution in [3.8, 4) is 5.75 Å². The summed E-state index contributed by atoms with van der Waals surface area (Å²) < 4.78 is 41.8. The second-order valence-corrected chi connectivity index (χ2v) is 7.82. The van der Waals surface area contributed by atoms with Crippen molar-refractivity contribution in [2.45, 2.75) is 18.7 Å². The topological polar surface area (TPSA) is 102 Å². The van der Waals surface area contributed by atoms with Gasteiger partial charge in [0.25, 0.3) is 0 Å². The Morgan fingerprint density at radius 1 is 1.15 bits per heavy atom. The largest absolute Gasteiger partial charge is 0.482 e. The van der Waals surface area contributed by atoms with Gasteiger partial charge >= 0.3 is 12.1 Å². The Hall–Kier alpha value is -2.33. The first-order valence-corrected chi connectivity index (χ1v) is 9.95. The van der Waals surface area contributed by atoms with Gasteiger partial charge in [-0.2, -0.15) is 4.31 Å². The Kier molecular flexibility index (Phi) is 7.03. The van der Waals surface area contributed by atoms with Crippen molar-refractivity contribution >= 4 is 22.1 Å². The summed E-state index contributed by atoms with van der Waals surface area (Å²) in [5.74, 6) is -0.114. The van der Waals surface area contributed by atoms with Crippen LogP contribution in [0.15, 0.2) is 23.1 Å². The lowest BCUT2D eigenvalue weighted by molar-refractivity contribution is -0.142. The molecule has 0 spiro atoms. The Bertz CT molecular complexity index is 786. The zero-order valence-electron chi connectivity index (χ0n) is 15.6. The van der Waals surface area contributed by atoms with Crippen molar-refractivity contribution in [1.29, 1.82) is 0 Å². The van der Waals surface area contributed by atoms with Gasteiger partial charge in [0.15, 0.2) is 6.61 Å². The number of aryl methyl sites for hydroxylation is 1. The van der Waals surface area contributed by atoms with E-state index in [-0.39, 0.29) is 44.3 Å². The first kappa shape index (κ1) is 21.0. The zero-order chi connectivity index (χ0) is 20.0. The fourth-order valence-corrected chi connectivity index (χ4v) is 4.12. The van der Waals surface area contributed by atoms with Crippen LogP contribution >= 0.6 is 0 Å². The van der Waals surface area contributed by atoms with Crippen molar-refractivity contribution in [3.05, 3.63) is 23.8 Å². The zero-order valence-corrected chi connectivity index (χ0v) is 16.5. The molecule has 0 unspecified atom stereocenters. The lowest BCUT2D eigenvalue weighted by Crippen LogP contribution is -2.50. The van der Waals surface area contributed by atoms with E-state index in [1.807, 2.05) is 0 Å². The Balaban J connectivity index is 2.05. The molecule has 1 aliphatic heterocycles. The number of esters is 1. The molecule has 9 nitrogen and oxygen atoms in total. The van der Waals surface area contributed by atoms with Crippen LogP contribution < -0.4 is 4.74 Å². The Morgan fingerprint density at radius 2 is 1.81 bits per heavy atom. The molecule has 0 aromatic heterocycles. The van der Waals surface area contributed by atoms with Gasteiger partial charge in [0, 0.05) is 26.2 Å². The number of ether oxygens (including phenoxy) is 3. The van der Waals surface area contributed by atoms with Gasteiger partial charge in [0.2, 0.25) is 10.0 Å². The molecule has 150 valence electrons. The summed E-state index contributed by atoms with van der Waals surface area (Å²) in [6.07, 6.45) is -0.433. The third-order valence-electron chi connectivity index (χ3n) is 4.12. The summed E-state index contributed by atoms with van der Waals surface area (Å²) in [5.41, 5.74) is 0.588. The van der Waals surface area contributed by atoms with Crippen LogP contribution in [0.2, 0.25) is 0 Å². The van der Waals surface area contributed by atoms with Crippen LogP contribution in [0.25, 0.3) is 0 Å². The predicted octanol–water partition coefficient (Wildman–Crippen LogP) is 1.01. The predicted molar refractivity (Wildman–Crippen MR) is 96.0 cm³/mol. The van der Waals surface area contributed by atoms with Crippen LogP contribution in [0, 0.1) is 6.92 Å². The van der Waals surface area contributed by atoms with E-state index in [2.05, 4.69) is 4.74 Å². The molecule has 1 aliphatic rings. The maximum Gasteiger partial charge on any atom is 0.409 e. The van der Waals surface area contributed by atoms with E-state index in [0.717, 1.165) is 0 Å². The molecule has 1 fully saturated rings. The van der Waals surface area contributed by atoms with E-state index in [1.165, 1.54) is 34.5 Å². The number of benzene rings is 1. The van der Waals surface area contributed by atoms with Gasteiger partial charge in [-0.1, -0.05) is 0 Å². The molecule has 27 heavy (non-hydrogen) atoms. The molecule has 1 heterocycles. The van der Waals surface area contributed by atoms with E-state index in [0.29, 0.717) is 11.3 Å². The van der Waals surface area contributed by atoms with E-state index < -0.39 is 22.1 Å². The minimum Gasteiger partial charge on any atom is -0.482 e. The maximum atomic E-state index is 12.8. The molecule has 1 amide bonds. The van der Waals surface area contributed by atoms with Crippen molar-refractivity contribution in [1.82, 2.24) is 9.21 Å². The first-order valence-electron chi connectivity index (χ1n) is 8.51. The molecule has 0 saturated carbocycles. The van der Waals surface area contributed by atoms with Gasteiger partial charge in [0.05, 0.1) is 18.6 Å². The van der Waals surface area contributed by atoms with E-state index in [9.17, 15) is 18.0 Å². The molecule has 10 heteroatoms. The van der Waals surface area contributed by atoms with Gasteiger partial charge in [-0.15, -0.1) is 0 Å². The smallest absolute Gasteiger partial charge is 0.409 e. The molecule has 1 aromatic carbocycles. The van der Waals surface area contributed by atoms with Gasteiger partial charge in [-0.3, -0.25) is 0 Å². The average Bonchev–Trinajstić information content (AvgIpc) is 2.66. The maximum absolute atomic E-state index is 12.8. The van der Waals surface area contributed by atoms with Crippen LogP contribution in [-0.4, -0.2) is 76.2 Å². The highest BCUT2D eigenvalue weighted by Crippen LogP contribution is 2.25. The van der Waals surface area contributed by atoms with Crippen molar-refractivity contribution in [3.63, 3.8) is 0 Å². The number of amides is 1. The molecule has 0 radical (unpaired) electrons. The van der Waals surface area contributed by atoms with Crippen molar-refractivity contribution in [2.24, 2.45) is 0 Å². The van der Waals surface area contributed by atoms with Gasteiger partial charge in [0.1, 0.15) is 5.75 Å². The third kappa shape index (κ3) is 5.10. The monoisotopic (exact) mass is 400 g/mol. The fraction of sp³-hybridized carbons (Fsp3) is 0.529. The number of hydrogen-bond acceptors (Lipinski definition) is 7. The molecule has 1 aromatic rings. The lowest BCUT2D eigenvalue weighted by atomic mass is 10.2. The van der Waals surface area contributed by atoms with Crippen molar-refractivity contribution < 1.29 is 32.2 Å². The highest BCUT2D eigenvalue weighted by Gasteiger charge is 2.30. The molecular formula is C17H24N2O7S. The molecule has 0 N–H and O–H groups in total. The first-order chi connectivity index (χ1) is 12.8. The minimum absolute atomic E-state index is 0.134. The molecule has 1 saturated heterocycles. The standard InChI is InChI=1S/C17H24N2O7S/c1-4-25-17(21)18-7-9-19(10-8-18)27(22,23)14-5-6-15(13(2)11-14)26-12-16(20)24-3/h5-6,11H,4,7-10,12H2,1-3H3. The second kappa shape index (κ2) is 9.05. The number of hydrogen-bond donors (Lipinski definition) is 0. The number of carbonyl (C=O) groups excluding carboxylic acids is 2. The Labute approximate surface area is 158 Å². The molecular weight excluding hydrogens is 376 g/mol. The number of nitrogens with zero attached hydrogens (tertiary/aromatic N) is 2. The summed E-state index contributed by atoms with van der Waals surface area (Å²) >= 11 is 0. The van der Waals surface area contributed by atoms with Crippen LogP contribution in [0.1, 0.15) is 12.5 Å². The van der Waals surface area contributed by atoms with E-state index >= 15 is 0 Å². The number of piperazine rings is 1. The highest BCUT2D eigenvalue weighted by atomic mass is 32.2. The van der Waals surface area contributed by atoms with E-state index in [4.69, 9.17) is 9.47 Å². The summed E-state index contributed by atoms with van der Waals surface area (Å²) in [6.45, 7) is 4.39. The second-order valence-electron chi connectivity index (χ2n) is 5.88. The number of rotatable bonds is 6. The quantitative estimate of drug-likeness (QED) is 0.657. The lowest BCUT2D eigenvalue weighted by Gasteiger charge is -2.33. The molecule has 2 rings (SSSR count).